The number of hydrogen-bond acceptors (Lipinski definition) is 1. The first kappa shape index (κ1) is 12.4. The molecule has 0 aromatic heterocycles. The van der Waals surface area contributed by atoms with E-state index in [1.54, 1.807) is 6.07 Å². The van der Waals surface area contributed by atoms with E-state index < -0.39 is 18.5 Å². The molecular formula is C10H6F5N. The van der Waals surface area contributed by atoms with Gasteiger partial charge < -0.3 is 0 Å². The van der Waals surface area contributed by atoms with Crippen molar-refractivity contribution in [2.45, 2.75) is 18.5 Å². The second-order valence-corrected chi connectivity index (χ2v) is 3.19. The molecule has 0 heterocycles. The molecule has 0 radical (unpaired) electrons. The molecule has 1 nitrogen and oxygen atoms in total. The predicted octanol–water partition coefficient (Wildman–Crippen LogP) is 3.30. The van der Waals surface area contributed by atoms with Gasteiger partial charge in [-0.05, 0) is 17.7 Å². The predicted molar refractivity (Wildman–Crippen MR) is 45.9 cm³/mol. The molecule has 0 aliphatic heterocycles. The van der Waals surface area contributed by atoms with Crippen molar-refractivity contribution in [3.8, 4) is 6.07 Å². The van der Waals surface area contributed by atoms with Crippen LogP contribution in [0.4, 0.5) is 22.0 Å². The van der Waals surface area contributed by atoms with Crippen LogP contribution < -0.4 is 0 Å². The maximum Gasteiger partial charge on any atom is 0.453 e. The summed E-state index contributed by atoms with van der Waals surface area (Å²) in [6.07, 6.45) is -6.97. The van der Waals surface area contributed by atoms with Crippen LogP contribution in [0, 0.1) is 11.3 Å². The van der Waals surface area contributed by atoms with E-state index in [0.717, 1.165) is 12.1 Å². The zero-order chi connectivity index (χ0) is 12.4. The molecule has 0 aliphatic carbocycles. The summed E-state index contributed by atoms with van der Waals surface area (Å²) in [5, 5.41) is 8.41. The molecule has 1 rings (SSSR count). The number of alkyl halides is 5. The van der Waals surface area contributed by atoms with Crippen LogP contribution in [0.5, 0.6) is 0 Å². The first-order valence-corrected chi connectivity index (χ1v) is 4.20. The SMILES string of the molecule is N#Cc1ccc(CC(F)(F)C(F)(F)F)cc1. The van der Waals surface area contributed by atoms with Gasteiger partial charge in [0.1, 0.15) is 0 Å². The van der Waals surface area contributed by atoms with Crippen LogP contribution in [0.15, 0.2) is 24.3 Å². The topological polar surface area (TPSA) is 23.8 Å². The number of nitriles is 1. The Morgan fingerprint density at radius 2 is 1.50 bits per heavy atom. The van der Waals surface area contributed by atoms with Crippen LogP contribution in [0.1, 0.15) is 11.1 Å². The summed E-state index contributed by atoms with van der Waals surface area (Å²) in [5.74, 6) is -4.75. The van der Waals surface area contributed by atoms with Crippen LogP contribution in [-0.4, -0.2) is 12.1 Å². The minimum Gasteiger partial charge on any atom is -0.196 e. The molecule has 0 amide bonds. The van der Waals surface area contributed by atoms with E-state index in [2.05, 4.69) is 0 Å². The lowest BCUT2D eigenvalue weighted by Crippen LogP contribution is -2.38. The normalized spacial score (nSPS) is 12.2. The number of benzene rings is 1. The fraction of sp³-hybridized carbons (Fsp3) is 0.300. The number of halogens is 5. The second-order valence-electron chi connectivity index (χ2n) is 3.19. The standard InChI is InChI=1S/C10H6F5N/c11-9(12,10(13,14)15)5-7-1-3-8(6-16)4-2-7/h1-4H,5H2. The zero-order valence-corrected chi connectivity index (χ0v) is 7.85. The third-order valence-corrected chi connectivity index (χ3v) is 1.92. The van der Waals surface area contributed by atoms with Gasteiger partial charge in [-0.3, -0.25) is 0 Å². The Kier molecular flexibility index (Phi) is 3.17. The molecule has 0 unspecified atom stereocenters. The van der Waals surface area contributed by atoms with Crippen molar-refractivity contribution >= 4 is 0 Å². The van der Waals surface area contributed by atoms with E-state index in [1.807, 2.05) is 0 Å². The van der Waals surface area contributed by atoms with Gasteiger partial charge in [-0.1, -0.05) is 12.1 Å². The minimum atomic E-state index is -5.55. The average Bonchev–Trinajstić information content (AvgIpc) is 2.16. The Bertz CT molecular complexity index is 399. The van der Waals surface area contributed by atoms with Gasteiger partial charge in [0, 0.05) is 6.42 Å². The summed E-state index contributed by atoms with van der Waals surface area (Å²) in [6.45, 7) is 0. The molecular weight excluding hydrogens is 229 g/mol. The molecule has 0 N–H and O–H groups in total. The average molecular weight is 235 g/mol. The maximum absolute atomic E-state index is 12.6. The van der Waals surface area contributed by atoms with Crippen molar-refractivity contribution in [2.75, 3.05) is 0 Å². The molecule has 0 saturated carbocycles. The molecule has 6 heteroatoms. The van der Waals surface area contributed by atoms with E-state index in [0.29, 0.717) is 0 Å². The maximum atomic E-state index is 12.6. The molecule has 1 aromatic rings. The van der Waals surface area contributed by atoms with Gasteiger partial charge in [-0.15, -0.1) is 0 Å². The van der Waals surface area contributed by atoms with Crippen molar-refractivity contribution in [1.82, 2.24) is 0 Å². The molecule has 16 heavy (non-hydrogen) atoms. The van der Waals surface area contributed by atoms with Crippen molar-refractivity contribution in [3.05, 3.63) is 35.4 Å². The molecule has 86 valence electrons. The van der Waals surface area contributed by atoms with E-state index in [9.17, 15) is 22.0 Å². The lowest BCUT2D eigenvalue weighted by atomic mass is 10.1. The number of nitrogens with zero attached hydrogens (tertiary/aromatic N) is 1. The van der Waals surface area contributed by atoms with E-state index in [1.165, 1.54) is 12.1 Å². The van der Waals surface area contributed by atoms with Crippen molar-refractivity contribution in [1.29, 1.82) is 5.26 Å². The minimum absolute atomic E-state index is 0.165. The zero-order valence-electron chi connectivity index (χ0n) is 7.85. The lowest BCUT2D eigenvalue weighted by molar-refractivity contribution is -0.281. The number of hydrogen-bond donors (Lipinski definition) is 0. The highest BCUT2D eigenvalue weighted by Crippen LogP contribution is 2.37. The lowest BCUT2D eigenvalue weighted by Gasteiger charge is -2.19. The molecule has 0 saturated heterocycles. The fourth-order valence-electron chi connectivity index (χ4n) is 1.05. The molecule has 0 fully saturated rings. The van der Waals surface area contributed by atoms with Gasteiger partial charge >= 0.3 is 12.1 Å². The molecule has 0 spiro atoms. The van der Waals surface area contributed by atoms with Crippen molar-refractivity contribution in [2.24, 2.45) is 0 Å². The largest absolute Gasteiger partial charge is 0.453 e. The van der Waals surface area contributed by atoms with Crippen LogP contribution in [-0.2, 0) is 6.42 Å². The third-order valence-electron chi connectivity index (χ3n) is 1.92. The summed E-state index contributed by atoms with van der Waals surface area (Å²) in [4.78, 5) is 0. The van der Waals surface area contributed by atoms with Gasteiger partial charge in [0.25, 0.3) is 0 Å². The Labute approximate surface area is 88.1 Å². The van der Waals surface area contributed by atoms with E-state index >= 15 is 0 Å². The van der Waals surface area contributed by atoms with Gasteiger partial charge in [-0.2, -0.15) is 27.2 Å². The highest BCUT2D eigenvalue weighted by Gasteiger charge is 2.56. The van der Waals surface area contributed by atoms with Crippen LogP contribution >= 0.6 is 0 Å². The summed E-state index contributed by atoms with van der Waals surface area (Å²) in [6, 6.07) is 6.29. The monoisotopic (exact) mass is 235 g/mol. The summed E-state index contributed by atoms with van der Waals surface area (Å²) >= 11 is 0. The Hall–Kier alpha value is -1.64. The van der Waals surface area contributed by atoms with Gasteiger partial charge in [-0.25, -0.2) is 0 Å². The highest BCUT2D eigenvalue weighted by molar-refractivity contribution is 5.32. The van der Waals surface area contributed by atoms with Crippen LogP contribution in [0.3, 0.4) is 0 Å². The van der Waals surface area contributed by atoms with Crippen LogP contribution in [0.25, 0.3) is 0 Å². The first-order chi connectivity index (χ1) is 7.26. The Morgan fingerprint density at radius 1 is 1.00 bits per heavy atom. The second kappa shape index (κ2) is 4.08. The van der Waals surface area contributed by atoms with Crippen LogP contribution in [0.2, 0.25) is 0 Å². The fourth-order valence-corrected chi connectivity index (χ4v) is 1.05. The summed E-state index contributed by atoms with van der Waals surface area (Å²) in [7, 11) is 0. The summed E-state index contributed by atoms with van der Waals surface area (Å²) < 4.78 is 60.8. The quantitative estimate of drug-likeness (QED) is 0.721. The van der Waals surface area contributed by atoms with Crippen molar-refractivity contribution in [3.63, 3.8) is 0 Å². The highest BCUT2D eigenvalue weighted by atomic mass is 19.4. The van der Waals surface area contributed by atoms with Gasteiger partial charge in [0.05, 0.1) is 11.6 Å². The van der Waals surface area contributed by atoms with Gasteiger partial charge in [0.15, 0.2) is 0 Å². The Morgan fingerprint density at radius 3 is 1.88 bits per heavy atom. The van der Waals surface area contributed by atoms with E-state index in [4.69, 9.17) is 5.26 Å². The molecule has 1 aromatic carbocycles. The molecule has 0 bridgehead atoms. The first-order valence-electron chi connectivity index (χ1n) is 4.20. The third kappa shape index (κ3) is 2.69. The van der Waals surface area contributed by atoms with E-state index in [-0.39, 0.29) is 11.1 Å². The smallest absolute Gasteiger partial charge is 0.196 e. The van der Waals surface area contributed by atoms with Crippen molar-refractivity contribution < 1.29 is 22.0 Å². The number of rotatable bonds is 2. The van der Waals surface area contributed by atoms with Gasteiger partial charge in [0.2, 0.25) is 0 Å². The summed E-state index contributed by atoms with van der Waals surface area (Å²) in [5.41, 5.74) is 0.0420. The molecule has 0 aliphatic rings. The molecule has 0 atom stereocenters. The Balaban J connectivity index is 2.85.